The molecule has 0 aromatic heterocycles. The minimum atomic E-state index is -1.61. The van der Waals surface area contributed by atoms with Gasteiger partial charge in [-0.05, 0) is 51.4 Å². The van der Waals surface area contributed by atoms with Crippen molar-refractivity contribution in [3.8, 4) is 0 Å². The van der Waals surface area contributed by atoms with Crippen LogP contribution in [0.1, 0.15) is 284 Å². The molecule has 0 radical (unpaired) electrons. The van der Waals surface area contributed by atoms with Crippen LogP contribution in [0.5, 0.6) is 0 Å². The molecule has 8 unspecified atom stereocenters. The Hall–Kier alpha value is -1.86. The maximum atomic E-state index is 13.3. The quantitative estimate of drug-likeness (QED) is 0.0195. The van der Waals surface area contributed by atoms with Gasteiger partial charge in [-0.2, -0.15) is 0 Å². The Morgan fingerprint density at radius 2 is 0.930 bits per heavy atom. The molecule has 71 heavy (non-hydrogen) atoms. The van der Waals surface area contributed by atoms with Crippen LogP contribution in [0.25, 0.3) is 0 Å². The third-order valence-corrected chi connectivity index (χ3v) is 14.4. The van der Waals surface area contributed by atoms with Crippen LogP contribution in [0.2, 0.25) is 0 Å². The first-order chi connectivity index (χ1) is 34.7. The van der Waals surface area contributed by atoms with E-state index in [1.807, 2.05) is 6.08 Å². The lowest BCUT2D eigenvalue weighted by atomic mass is 9.99. The Morgan fingerprint density at radius 1 is 0.535 bits per heavy atom. The second-order valence-electron chi connectivity index (χ2n) is 21.1. The molecule has 0 bridgehead atoms. The van der Waals surface area contributed by atoms with Gasteiger partial charge in [0.15, 0.2) is 12.4 Å². The topological polar surface area (TPSA) is 175 Å². The number of aliphatic hydroxyl groups excluding tert-OH is 5. The Kier molecular flexibility index (Phi) is 46.4. The lowest BCUT2D eigenvalue weighted by molar-refractivity contribution is -0.305. The smallest absolute Gasteiger partial charge is 0.306 e. The fourth-order valence-electron chi connectivity index (χ4n) is 9.53. The van der Waals surface area contributed by atoms with E-state index >= 15 is 0 Å². The van der Waals surface area contributed by atoms with Crippen molar-refractivity contribution in [2.45, 2.75) is 333 Å². The van der Waals surface area contributed by atoms with Gasteiger partial charge >= 0.3 is 5.97 Å². The van der Waals surface area contributed by atoms with Gasteiger partial charge in [-0.25, -0.2) is 0 Å². The van der Waals surface area contributed by atoms with E-state index in [1.54, 1.807) is 6.08 Å². The van der Waals surface area contributed by atoms with Crippen molar-refractivity contribution in [2.75, 3.05) is 13.2 Å². The molecule has 6 N–H and O–H groups in total. The van der Waals surface area contributed by atoms with E-state index in [2.05, 4.69) is 38.2 Å². The maximum absolute atomic E-state index is 13.3. The number of esters is 1. The standard InChI is InChI=1S/C60H113NO10/c1-4-7-10-13-16-19-22-24-25-26-27-28-29-30-33-36-39-42-45-48-55(65)71-58-57(67)56(66)54(49-62)70-60(58)69-50-51(52(63)46-43-40-37-34-31-21-18-15-12-9-6-3)61-59(68)53(64)47-44-41-38-35-32-23-20-17-14-11-8-5-2/h32,35,43,46,51-54,56-58,60,62-64,66-67H,4-31,33-34,36-42,44-45,47-50H2,1-3H3,(H,61,68)/b35-32-,46-43+. The number of ether oxygens (including phenoxy) is 3. The number of carbonyl (C=O) groups is 2. The first-order valence-electron chi connectivity index (χ1n) is 30.1. The van der Waals surface area contributed by atoms with Gasteiger partial charge in [0.2, 0.25) is 5.91 Å². The number of amides is 1. The summed E-state index contributed by atoms with van der Waals surface area (Å²) in [6.45, 7) is 5.77. The zero-order valence-corrected chi connectivity index (χ0v) is 46.1. The van der Waals surface area contributed by atoms with Crippen LogP contribution in [-0.2, 0) is 23.8 Å². The predicted octanol–water partition coefficient (Wildman–Crippen LogP) is 13.7. The summed E-state index contributed by atoms with van der Waals surface area (Å²) in [7, 11) is 0. The highest BCUT2D eigenvalue weighted by atomic mass is 16.7. The number of nitrogens with one attached hydrogen (secondary N) is 1. The van der Waals surface area contributed by atoms with Crippen molar-refractivity contribution in [1.29, 1.82) is 0 Å². The lowest BCUT2D eigenvalue weighted by Gasteiger charge is -2.41. The van der Waals surface area contributed by atoms with Crippen LogP contribution in [0.15, 0.2) is 24.3 Å². The Morgan fingerprint density at radius 3 is 1.37 bits per heavy atom. The normalized spacial score (nSPS) is 19.7. The number of allylic oxidation sites excluding steroid dienone is 3. The van der Waals surface area contributed by atoms with Crippen LogP contribution in [0.4, 0.5) is 0 Å². The summed E-state index contributed by atoms with van der Waals surface area (Å²) in [5.41, 5.74) is 0. The highest BCUT2D eigenvalue weighted by Crippen LogP contribution is 2.26. The molecule has 1 amide bonds. The zero-order valence-electron chi connectivity index (χ0n) is 46.1. The lowest BCUT2D eigenvalue weighted by Crippen LogP contribution is -2.61. The van der Waals surface area contributed by atoms with Crippen molar-refractivity contribution >= 4 is 11.9 Å². The second-order valence-corrected chi connectivity index (χ2v) is 21.1. The summed E-state index contributed by atoms with van der Waals surface area (Å²) in [5, 5.41) is 56.8. The third-order valence-electron chi connectivity index (χ3n) is 14.4. The Balaban J connectivity index is 2.66. The van der Waals surface area contributed by atoms with Crippen LogP contribution >= 0.6 is 0 Å². The Bertz CT molecular complexity index is 1250. The van der Waals surface area contributed by atoms with Crippen LogP contribution in [0.3, 0.4) is 0 Å². The number of carbonyl (C=O) groups excluding carboxylic acids is 2. The molecule has 1 aliphatic heterocycles. The third kappa shape index (κ3) is 37.5. The molecule has 8 atom stereocenters. The summed E-state index contributed by atoms with van der Waals surface area (Å²) in [4.78, 5) is 26.4. The molecule has 1 saturated heterocycles. The van der Waals surface area contributed by atoms with Crippen molar-refractivity contribution in [1.82, 2.24) is 5.32 Å². The maximum Gasteiger partial charge on any atom is 0.306 e. The van der Waals surface area contributed by atoms with Crippen LogP contribution < -0.4 is 5.32 Å². The molecule has 0 aliphatic carbocycles. The van der Waals surface area contributed by atoms with E-state index in [4.69, 9.17) is 14.2 Å². The number of rotatable bonds is 51. The molecule has 418 valence electrons. The average Bonchev–Trinajstić information content (AvgIpc) is 3.37. The van der Waals surface area contributed by atoms with E-state index in [-0.39, 0.29) is 19.4 Å². The van der Waals surface area contributed by atoms with Crippen molar-refractivity contribution in [3.05, 3.63) is 24.3 Å². The van der Waals surface area contributed by atoms with Gasteiger partial charge in [0.1, 0.15) is 24.4 Å². The van der Waals surface area contributed by atoms with Crippen LogP contribution in [-0.4, -0.2) is 99.6 Å². The minimum absolute atomic E-state index is 0.128. The van der Waals surface area contributed by atoms with Gasteiger partial charge in [0.25, 0.3) is 0 Å². The molecule has 0 spiro atoms. The highest BCUT2D eigenvalue weighted by molar-refractivity contribution is 5.80. The van der Waals surface area contributed by atoms with Crippen LogP contribution in [0, 0.1) is 0 Å². The zero-order chi connectivity index (χ0) is 51.8. The molecular formula is C60H113NO10. The SMILES string of the molecule is CCCCCCCC/C=C\CCCCC(O)C(=O)NC(COC1OC(CO)C(O)C(O)C1OC(=O)CCCCCCCCCCCCCCCCCCCCC)C(O)/C=C/CCCCCCCCCCC. The minimum Gasteiger partial charge on any atom is -0.454 e. The molecule has 11 nitrogen and oxygen atoms in total. The van der Waals surface area contributed by atoms with E-state index in [0.717, 1.165) is 57.8 Å². The molecular weight excluding hydrogens is 895 g/mol. The number of unbranched alkanes of at least 4 members (excludes halogenated alkanes) is 35. The van der Waals surface area contributed by atoms with Crippen molar-refractivity contribution in [2.24, 2.45) is 0 Å². The summed E-state index contributed by atoms with van der Waals surface area (Å²) in [5.74, 6) is -1.20. The molecule has 11 heteroatoms. The summed E-state index contributed by atoms with van der Waals surface area (Å²) in [6, 6.07) is -1.03. The predicted molar refractivity (Wildman–Crippen MR) is 292 cm³/mol. The molecule has 1 heterocycles. The van der Waals surface area contributed by atoms with Gasteiger partial charge in [0.05, 0.1) is 25.4 Å². The number of aliphatic hydroxyl groups is 5. The number of hydrogen-bond acceptors (Lipinski definition) is 10. The van der Waals surface area contributed by atoms with E-state index in [0.29, 0.717) is 12.8 Å². The monoisotopic (exact) mass is 1010 g/mol. The van der Waals surface area contributed by atoms with Gasteiger partial charge in [-0.1, -0.05) is 251 Å². The van der Waals surface area contributed by atoms with E-state index in [1.165, 1.54) is 180 Å². The summed E-state index contributed by atoms with van der Waals surface area (Å²) < 4.78 is 17.6. The average molecular weight is 1010 g/mol. The van der Waals surface area contributed by atoms with Crippen molar-refractivity contribution in [3.63, 3.8) is 0 Å². The second kappa shape index (κ2) is 49.0. The Labute approximate surface area is 435 Å². The summed E-state index contributed by atoms with van der Waals surface area (Å²) in [6.07, 6.45) is 45.2. The molecule has 0 saturated carbocycles. The highest BCUT2D eigenvalue weighted by Gasteiger charge is 2.47. The molecule has 1 fully saturated rings. The van der Waals surface area contributed by atoms with Gasteiger partial charge in [-0.15, -0.1) is 0 Å². The van der Waals surface area contributed by atoms with Crippen molar-refractivity contribution < 1.29 is 49.3 Å². The molecule has 0 aromatic carbocycles. The first-order valence-corrected chi connectivity index (χ1v) is 30.1. The first kappa shape index (κ1) is 67.2. The summed E-state index contributed by atoms with van der Waals surface area (Å²) >= 11 is 0. The largest absolute Gasteiger partial charge is 0.454 e. The molecule has 1 aliphatic rings. The van der Waals surface area contributed by atoms with E-state index < -0.39 is 67.4 Å². The van der Waals surface area contributed by atoms with Gasteiger partial charge in [-0.3, -0.25) is 9.59 Å². The van der Waals surface area contributed by atoms with Gasteiger partial charge in [0, 0.05) is 6.42 Å². The fraction of sp³-hybridized carbons (Fsp3) is 0.900. The molecule has 1 rings (SSSR count). The fourth-order valence-corrected chi connectivity index (χ4v) is 9.53. The van der Waals surface area contributed by atoms with E-state index in [9.17, 15) is 35.1 Å². The van der Waals surface area contributed by atoms with Gasteiger partial charge < -0.3 is 45.1 Å². The molecule has 0 aromatic rings. The number of hydrogen-bond donors (Lipinski definition) is 6.